The fraction of sp³-hybridized carbons (Fsp3) is 0.727. The zero-order valence-corrected chi connectivity index (χ0v) is 10.9. The topological polar surface area (TPSA) is 12.9 Å². The van der Waals surface area contributed by atoms with E-state index >= 15 is 0 Å². The predicted molar refractivity (Wildman–Crippen MR) is 65.2 cm³/mol. The second kappa shape index (κ2) is 4.75. The fourth-order valence-electron chi connectivity index (χ4n) is 2.16. The molecule has 1 nitrogen and oxygen atoms in total. The van der Waals surface area contributed by atoms with Crippen LogP contribution in [0.5, 0.6) is 0 Å². The Balaban J connectivity index is 1.95. The lowest BCUT2D eigenvalue weighted by Gasteiger charge is -2.26. The van der Waals surface area contributed by atoms with Crippen molar-refractivity contribution >= 4 is 27.3 Å². The van der Waals surface area contributed by atoms with Gasteiger partial charge >= 0.3 is 0 Å². The average molecular weight is 274 g/mol. The molecule has 0 bridgehead atoms. The van der Waals surface area contributed by atoms with E-state index in [1.165, 1.54) is 42.8 Å². The molecule has 2 rings (SSSR count). The normalized spacial score (nSPS) is 27.9. The molecule has 0 amide bonds. The first kappa shape index (κ1) is 10.6. The van der Waals surface area contributed by atoms with Crippen LogP contribution in [0.1, 0.15) is 36.4 Å². The summed E-state index contributed by atoms with van der Waals surface area (Å²) in [4.78, 5) is 5.26. The van der Waals surface area contributed by atoms with E-state index in [0.29, 0.717) is 0 Å². The van der Waals surface area contributed by atoms with Gasteiger partial charge in [0.25, 0.3) is 0 Å². The number of halogens is 1. The van der Waals surface area contributed by atoms with Crippen molar-refractivity contribution in [1.29, 1.82) is 0 Å². The van der Waals surface area contributed by atoms with Crippen LogP contribution in [-0.2, 0) is 6.42 Å². The van der Waals surface area contributed by atoms with Gasteiger partial charge in [0.15, 0.2) is 0 Å². The minimum Gasteiger partial charge on any atom is -0.247 e. The maximum Gasteiger partial charge on any atom is 0.0897 e. The van der Waals surface area contributed by atoms with Crippen molar-refractivity contribution < 1.29 is 0 Å². The van der Waals surface area contributed by atoms with Crippen LogP contribution in [0.3, 0.4) is 0 Å². The van der Waals surface area contributed by atoms with Crippen molar-refractivity contribution in [3.05, 3.63) is 16.1 Å². The maximum atomic E-state index is 4.54. The van der Waals surface area contributed by atoms with Gasteiger partial charge in [-0.2, -0.15) is 0 Å². The zero-order valence-electron chi connectivity index (χ0n) is 8.50. The second-order valence-corrected chi connectivity index (χ2v) is 6.36. The summed E-state index contributed by atoms with van der Waals surface area (Å²) >= 11 is 5.56. The second-order valence-electron chi connectivity index (χ2n) is 4.12. The lowest BCUT2D eigenvalue weighted by atomic mass is 9.86. The maximum absolute atomic E-state index is 4.54. The fourth-order valence-corrected chi connectivity index (χ4v) is 3.56. The molecule has 1 aliphatic rings. The monoisotopic (exact) mass is 273 g/mol. The van der Waals surface area contributed by atoms with Crippen molar-refractivity contribution in [1.82, 2.24) is 4.98 Å². The predicted octanol–water partition coefficient (Wildman–Crippen LogP) is 3.95. The number of aromatic nitrogens is 1. The summed E-state index contributed by atoms with van der Waals surface area (Å²) < 4.78 is 0. The number of hydrogen-bond acceptors (Lipinski definition) is 2. The van der Waals surface area contributed by atoms with E-state index in [1.807, 2.05) is 0 Å². The lowest BCUT2D eigenvalue weighted by molar-refractivity contribution is 0.371. The van der Waals surface area contributed by atoms with Crippen molar-refractivity contribution in [3.8, 4) is 0 Å². The molecule has 1 fully saturated rings. The summed E-state index contributed by atoms with van der Waals surface area (Å²) in [6.45, 7) is 2.08. The van der Waals surface area contributed by atoms with Gasteiger partial charge < -0.3 is 0 Å². The Kier molecular flexibility index (Phi) is 3.61. The lowest BCUT2D eigenvalue weighted by Crippen LogP contribution is -2.21. The molecule has 0 spiro atoms. The van der Waals surface area contributed by atoms with Gasteiger partial charge in [-0.15, -0.1) is 11.3 Å². The Labute approximate surface area is 98.1 Å². The van der Waals surface area contributed by atoms with E-state index in [0.717, 1.165) is 10.7 Å². The third kappa shape index (κ3) is 2.57. The summed E-state index contributed by atoms with van der Waals surface area (Å²) in [6, 6.07) is 0. The smallest absolute Gasteiger partial charge is 0.0897 e. The van der Waals surface area contributed by atoms with Crippen LogP contribution >= 0.6 is 27.3 Å². The summed E-state index contributed by atoms with van der Waals surface area (Å²) in [5.41, 5.74) is 1.30. The SMILES string of the molecule is Cc1nc(CC2CCCCC2Br)cs1. The van der Waals surface area contributed by atoms with Crippen LogP contribution in [0, 0.1) is 12.8 Å². The van der Waals surface area contributed by atoms with E-state index in [4.69, 9.17) is 0 Å². The zero-order chi connectivity index (χ0) is 9.97. The Hall–Kier alpha value is 0.110. The summed E-state index contributed by atoms with van der Waals surface area (Å²) in [5, 5.41) is 3.41. The third-order valence-electron chi connectivity index (χ3n) is 2.95. The highest BCUT2D eigenvalue weighted by atomic mass is 79.9. The minimum absolute atomic E-state index is 0.721. The van der Waals surface area contributed by atoms with Gasteiger partial charge in [0.2, 0.25) is 0 Å². The highest BCUT2D eigenvalue weighted by molar-refractivity contribution is 9.09. The average Bonchev–Trinajstić information content (AvgIpc) is 2.56. The third-order valence-corrected chi connectivity index (χ3v) is 4.98. The van der Waals surface area contributed by atoms with Crippen LogP contribution in [0.15, 0.2) is 5.38 Å². The van der Waals surface area contributed by atoms with Crippen molar-refractivity contribution in [2.24, 2.45) is 5.92 Å². The Morgan fingerprint density at radius 3 is 2.93 bits per heavy atom. The molecule has 2 unspecified atom stereocenters. The van der Waals surface area contributed by atoms with Crippen LogP contribution < -0.4 is 0 Å². The molecule has 0 saturated heterocycles. The van der Waals surface area contributed by atoms with Gasteiger partial charge in [-0.25, -0.2) is 4.98 Å². The van der Waals surface area contributed by atoms with Gasteiger partial charge in [0, 0.05) is 10.2 Å². The van der Waals surface area contributed by atoms with Gasteiger partial charge in [-0.3, -0.25) is 0 Å². The number of hydrogen-bond donors (Lipinski definition) is 0. The first-order valence-electron chi connectivity index (χ1n) is 5.31. The van der Waals surface area contributed by atoms with Crippen molar-refractivity contribution in [2.75, 3.05) is 0 Å². The first-order chi connectivity index (χ1) is 6.75. The molecule has 1 aliphatic carbocycles. The van der Waals surface area contributed by atoms with Crippen LogP contribution in [-0.4, -0.2) is 9.81 Å². The molecule has 1 heterocycles. The van der Waals surface area contributed by atoms with Gasteiger partial charge in [0.1, 0.15) is 0 Å². The molecule has 0 radical (unpaired) electrons. The first-order valence-corrected chi connectivity index (χ1v) is 7.10. The number of thiazole rings is 1. The molecular formula is C11H16BrNS. The summed E-state index contributed by atoms with van der Waals surface area (Å²) in [7, 11) is 0. The minimum atomic E-state index is 0.721. The quantitative estimate of drug-likeness (QED) is 0.744. The number of nitrogens with zero attached hydrogens (tertiary/aromatic N) is 1. The van der Waals surface area contributed by atoms with E-state index < -0.39 is 0 Å². The van der Waals surface area contributed by atoms with Gasteiger partial charge in [0.05, 0.1) is 10.7 Å². The van der Waals surface area contributed by atoms with Crippen LogP contribution in [0.2, 0.25) is 0 Å². The van der Waals surface area contributed by atoms with Gasteiger partial charge in [-0.05, 0) is 32.1 Å². The number of aryl methyl sites for hydroxylation is 1. The summed E-state index contributed by atoms with van der Waals surface area (Å²) in [5.74, 6) is 0.810. The summed E-state index contributed by atoms with van der Waals surface area (Å²) in [6.07, 6.45) is 6.67. The Morgan fingerprint density at radius 1 is 1.50 bits per heavy atom. The Bertz CT molecular complexity index is 297. The van der Waals surface area contributed by atoms with E-state index in [9.17, 15) is 0 Å². The molecule has 0 N–H and O–H groups in total. The highest BCUT2D eigenvalue weighted by Crippen LogP contribution is 2.32. The van der Waals surface area contributed by atoms with Crippen molar-refractivity contribution in [2.45, 2.75) is 43.9 Å². The Morgan fingerprint density at radius 2 is 2.29 bits per heavy atom. The van der Waals surface area contributed by atoms with E-state index in [2.05, 4.69) is 33.2 Å². The van der Waals surface area contributed by atoms with Gasteiger partial charge in [-0.1, -0.05) is 28.8 Å². The van der Waals surface area contributed by atoms with E-state index in [-0.39, 0.29) is 0 Å². The van der Waals surface area contributed by atoms with E-state index in [1.54, 1.807) is 11.3 Å². The molecule has 1 aromatic rings. The largest absolute Gasteiger partial charge is 0.247 e. The highest BCUT2D eigenvalue weighted by Gasteiger charge is 2.23. The molecule has 14 heavy (non-hydrogen) atoms. The number of alkyl halides is 1. The molecule has 78 valence electrons. The molecule has 1 saturated carbocycles. The standard InChI is InChI=1S/C11H16BrNS/c1-8-13-10(7-14-8)6-9-4-2-3-5-11(9)12/h7,9,11H,2-6H2,1H3. The molecule has 0 aliphatic heterocycles. The van der Waals surface area contributed by atoms with Crippen LogP contribution in [0.4, 0.5) is 0 Å². The molecule has 0 aromatic carbocycles. The molecular weight excluding hydrogens is 258 g/mol. The number of rotatable bonds is 2. The van der Waals surface area contributed by atoms with Crippen LogP contribution in [0.25, 0.3) is 0 Å². The molecule has 1 aromatic heterocycles. The molecule has 3 heteroatoms. The molecule has 2 atom stereocenters. The van der Waals surface area contributed by atoms with Crippen molar-refractivity contribution in [3.63, 3.8) is 0 Å².